The molecule has 1 heterocycles. The number of urea groups is 1. The van der Waals surface area contributed by atoms with E-state index in [1.807, 2.05) is 18.2 Å². The number of carbonyl (C=O) groups excluding carboxylic acids is 2. The molecule has 30 heavy (non-hydrogen) atoms. The summed E-state index contributed by atoms with van der Waals surface area (Å²) in [4.78, 5) is 23.2. The Morgan fingerprint density at radius 3 is 2.50 bits per heavy atom. The number of thioether (sulfide) groups is 1. The number of amides is 3. The Morgan fingerprint density at radius 1 is 1.17 bits per heavy atom. The quantitative estimate of drug-likeness (QED) is 0.643. The van der Waals surface area contributed by atoms with Crippen molar-refractivity contribution in [3.05, 3.63) is 18.2 Å². The molecule has 162 valence electrons. The predicted molar refractivity (Wildman–Crippen MR) is 114 cm³/mol. The van der Waals surface area contributed by atoms with E-state index in [4.69, 9.17) is 15.2 Å². The lowest BCUT2D eigenvalue weighted by molar-refractivity contribution is -0.119. The number of imide groups is 1. The van der Waals surface area contributed by atoms with Gasteiger partial charge in [-0.2, -0.15) is 0 Å². The predicted octanol–water partition coefficient (Wildman–Crippen LogP) is 3.14. The Morgan fingerprint density at radius 2 is 1.87 bits per heavy atom. The normalized spacial score (nSPS) is 15.4. The summed E-state index contributed by atoms with van der Waals surface area (Å²) in [6.07, 6.45) is 5.53. The maximum Gasteiger partial charge on any atom is 0.318 e. The number of hydrogen-bond donors (Lipinski definition) is 2. The van der Waals surface area contributed by atoms with E-state index in [-0.39, 0.29) is 6.04 Å². The number of nitrogens with two attached hydrogens (primary N) is 1. The Kier molecular flexibility index (Phi) is 7.20. The molecule has 3 N–H and O–H groups in total. The maximum atomic E-state index is 12.2. The smallest absolute Gasteiger partial charge is 0.318 e. The SMILES string of the molecule is COc1ccc(-c2nnc(S[C@@H](C)C(=O)NC(N)=O)n2C2CCCCC2)cc1OC. The van der Waals surface area contributed by atoms with Crippen LogP contribution in [0.1, 0.15) is 45.1 Å². The molecule has 1 aliphatic carbocycles. The molecule has 0 bridgehead atoms. The molecule has 1 aromatic heterocycles. The third kappa shape index (κ3) is 4.86. The molecule has 0 radical (unpaired) electrons. The molecule has 1 aromatic carbocycles. The fourth-order valence-electron chi connectivity index (χ4n) is 3.63. The van der Waals surface area contributed by atoms with E-state index in [0.717, 1.165) is 31.2 Å². The molecule has 3 rings (SSSR count). The first kappa shape index (κ1) is 21.9. The summed E-state index contributed by atoms with van der Waals surface area (Å²) in [6, 6.07) is 5.00. The average Bonchev–Trinajstić information content (AvgIpc) is 3.16. The highest BCUT2D eigenvalue weighted by Crippen LogP contribution is 2.38. The van der Waals surface area contributed by atoms with Gasteiger partial charge in [-0.25, -0.2) is 4.79 Å². The van der Waals surface area contributed by atoms with Gasteiger partial charge in [0, 0.05) is 11.6 Å². The lowest BCUT2D eigenvalue weighted by Gasteiger charge is -2.26. The van der Waals surface area contributed by atoms with Crippen molar-refractivity contribution in [3.8, 4) is 22.9 Å². The molecule has 0 saturated heterocycles. The fourth-order valence-corrected chi connectivity index (χ4v) is 4.55. The van der Waals surface area contributed by atoms with Crippen LogP contribution in [-0.2, 0) is 4.79 Å². The minimum absolute atomic E-state index is 0.241. The van der Waals surface area contributed by atoms with Crippen LogP contribution in [-0.4, -0.2) is 46.2 Å². The van der Waals surface area contributed by atoms with E-state index in [1.165, 1.54) is 18.2 Å². The van der Waals surface area contributed by atoms with E-state index in [1.54, 1.807) is 21.1 Å². The van der Waals surface area contributed by atoms with Crippen molar-refractivity contribution < 1.29 is 19.1 Å². The summed E-state index contributed by atoms with van der Waals surface area (Å²) in [6.45, 7) is 1.71. The number of nitrogens with zero attached hydrogens (tertiary/aromatic N) is 3. The number of aromatic nitrogens is 3. The molecule has 0 spiro atoms. The van der Waals surface area contributed by atoms with E-state index in [2.05, 4.69) is 20.1 Å². The van der Waals surface area contributed by atoms with Crippen LogP contribution in [0, 0.1) is 0 Å². The monoisotopic (exact) mass is 433 g/mol. The van der Waals surface area contributed by atoms with Gasteiger partial charge in [-0.3, -0.25) is 14.7 Å². The molecule has 0 unspecified atom stereocenters. The van der Waals surface area contributed by atoms with Crippen molar-refractivity contribution in [1.29, 1.82) is 0 Å². The van der Waals surface area contributed by atoms with Crippen LogP contribution in [0.3, 0.4) is 0 Å². The van der Waals surface area contributed by atoms with E-state index in [9.17, 15) is 9.59 Å². The van der Waals surface area contributed by atoms with Crippen LogP contribution < -0.4 is 20.5 Å². The number of hydrogen-bond acceptors (Lipinski definition) is 7. The van der Waals surface area contributed by atoms with Crippen LogP contribution in [0.2, 0.25) is 0 Å². The van der Waals surface area contributed by atoms with Gasteiger partial charge in [-0.05, 0) is 38.0 Å². The topological polar surface area (TPSA) is 121 Å². The molecule has 3 amide bonds. The standard InChI is InChI=1S/C20H27N5O4S/c1-12(18(26)22-19(21)27)30-20-24-23-17(25(20)14-7-5-4-6-8-14)13-9-10-15(28-2)16(11-13)29-3/h9-12,14H,4-8H2,1-3H3,(H3,21,22,26,27)/t12-/m0/s1. The highest BCUT2D eigenvalue weighted by Gasteiger charge is 2.27. The Hall–Kier alpha value is -2.75. The second-order valence-electron chi connectivity index (χ2n) is 7.15. The van der Waals surface area contributed by atoms with Crippen LogP contribution in [0.15, 0.2) is 23.4 Å². The van der Waals surface area contributed by atoms with Crippen molar-refractivity contribution in [2.75, 3.05) is 14.2 Å². The van der Waals surface area contributed by atoms with Crippen LogP contribution in [0.25, 0.3) is 11.4 Å². The number of methoxy groups -OCH3 is 2. The van der Waals surface area contributed by atoms with Crippen molar-refractivity contribution >= 4 is 23.7 Å². The first-order chi connectivity index (χ1) is 14.4. The average molecular weight is 434 g/mol. The van der Waals surface area contributed by atoms with Crippen molar-refractivity contribution in [3.63, 3.8) is 0 Å². The molecule has 0 aliphatic heterocycles. The van der Waals surface area contributed by atoms with Gasteiger partial charge in [0.25, 0.3) is 0 Å². The van der Waals surface area contributed by atoms with E-state index >= 15 is 0 Å². The molecule has 1 fully saturated rings. The highest BCUT2D eigenvalue weighted by molar-refractivity contribution is 8.00. The molecular formula is C20H27N5O4S. The third-order valence-electron chi connectivity index (χ3n) is 5.14. The van der Waals surface area contributed by atoms with Crippen molar-refractivity contribution in [2.24, 2.45) is 5.73 Å². The number of ether oxygens (including phenoxy) is 2. The van der Waals surface area contributed by atoms with Gasteiger partial charge < -0.3 is 15.2 Å². The van der Waals surface area contributed by atoms with Gasteiger partial charge in [0.05, 0.1) is 19.5 Å². The van der Waals surface area contributed by atoms with Crippen LogP contribution >= 0.6 is 11.8 Å². The Labute approximate surface area is 179 Å². The number of primary amides is 1. The van der Waals surface area contributed by atoms with Gasteiger partial charge in [-0.1, -0.05) is 31.0 Å². The zero-order valence-electron chi connectivity index (χ0n) is 17.4. The number of rotatable bonds is 7. The van der Waals surface area contributed by atoms with E-state index < -0.39 is 17.2 Å². The molecule has 10 heteroatoms. The second kappa shape index (κ2) is 9.84. The molecule has 1 atom stereocenters. The van der Waals surface area contributed by atoms with Gasteiger partial charge >= 0.3 is 6.03 Å². The van der Waals surface area contributed by atoms with Crippen molar-refractivity contribution in [2.45, 2.75) is 55.5 Å². The molecule has 1 saturated carbocycles. The largest absolute Gasteiger partial charge is 0.493 e. The molecular weight excluding hydrogens is 406 g/mol. The summed E-state index contributed by atoms with van der Waals surface area (Å²) in [5.74, 6) is 1.50. The number of benzene rings is 1. The first-order valence-corrected chi connectivity index (χ1v) is 10.8. The maximum absolute atomic E-state index is 12.2. The lowest BCUT2D eigenvalue weighted by Crippen LogP contribution is -2.39. The van der Waals surface area contributed by atoms with Gasteiger partial charge in [0.1, 0.15) is 0 Å². The van der Waals surface area contributed by atoms with Gasteiger partial charge in [0.2, 0.25) is 5.91 Å². The first-order valence-electron chi connectivity index (χ1n) is 9.88. The van der Waals surface area contributed by atoms with Crippen LogP contribution in [0.4, 0.5) is 4.79 Å². The van der Waals surface area contributed by atoms with E-state index in [0.29, 0.717) is 22.5 Å². The summed E-state index contributed by atoms with van der Waals surface area (Å²) >= 11 is 1.26. The second-order valence-corrected chi connectivity index (χ2v) is 8.46. The lowest BCUT2D eigenvalue weighted by atomic mass is 9.95. The summed E-state index contributed by atoms with van der Waals surface area (Å²) in [5.41, 5.74) is 5.92. The zero-order chi connectivity index (χ0) is 21.7. The minimum atomic E-state index is -0.868. The van der Waals surface area contributed by atoms with Crippen LogP contribution in [0.5, 0.6) is 11.5 Å². The third-order valence-corrected chi connectivity index (χ3v) is 6.20. The molecule has 9 nitrogen and oxygen atoms in total. The zero-order valence-corrected chi connectivity index (χ0v) is 18.2. The highest BCUT2D eigenvalue weighted by atomic mass is 32.2. The summed E-state index contributed by atoms with van der Waals surface area (Å²) in [5, 5.41) is 11.0. The van der Waals surface area contributed by atoms with Gasteiger partial charge in [-0.15, -0.1) is 10.2 Å². The molecule has 1 aliphatic rings. The van der Waals surface area contributed by atoms with Crippen molar-refractivity contribution in [1.82, 2.24) is 20.1 Å². The summed E-state index contributed by atoms with van der Waals surface area (Å²) < 4.78 is 12.9. The number of nitrogens with one attached hydrogen (secondary N) is 1. The van der Waals surface area contributed by atoms with Gasteiger partial charge in [0.15, 0.2) is 22.5 Å². The number of carbonyl (C=O) groups is 2. The Bertz CT molecular complexity index is 911. The Balaban J connectivity index is 1.98. The fraction of sp³-hybridized carbons (Fsp3) is 0.500. The molecule has 2 aromatic rings. The minimum Gasteiger partial charge on any atom is -0.493 e. The summed E-state index contributed by atoms with van der Waals surface area (Å²) in [7, 11) is 3.18.